The minimum atomic E-state index is -0.915. The van der Waals surface area contributed by atoms with Gasteiger partial charge in [0.15, 0.2) is 0 Å². The first-order chi connectivity index (χ1) is 8.80. The van der Waals surface area contributed by atoms with E-state index in [0.717, 1.165) is 4.90 Å². The molecule has 1 amide bonds. The lowest BCUT2D eigenvalue weighted by atomic mass is 10.2. The molecule has 6 nitrogen and oxygen atoms in total. The molecule has 0 atom stereocenters. The van der Waals surface area contributed by atoms with Gasteiger partial charge in [-0.2, -0.15) is 0 Å². The summed E-state index contributed by atoms with van der Waals surface area (Å²) in [6, 6.07) is 0. The summed E-state index contributed by atoms with van der Waals surface area (Å²) < 4.78 is 10.1. The Morgan fingerprint density at radius 3 is 1.35 bits per heavy atom. The van der Waals surface area contributed by atoms with Crippen molar-refractivity contribution in [1.82, 2.24) is 4.90 Å². The second-order valence-electron chi connectivity index (χ2n) is 6.28. The molecule has 116 valence electrons. The Kier molecular flexibility index (Phi) is 6.47. The standard InChI is InChI=1S/C13H22ClNO5/c1-12(2,3)19-9(16)7-15(11(14)18)8-10(17)20-13(4,5)6/h7-8H2,1-6H3. The monoisotopic (exact) mass is 307 g/mol. The van der Waals surface area contributed by atoms with Crippen LogP contribution in [0, 0.1) is 0 Å². The van der Waals surface area contributed by atoms with Gasteiger partial charge in [0.05, 0.1) is 0 Å². The van der Waals surface area contributed by atoms with E-state index in [2.05, 4.69) is 0 Å². The molecule has 0 aliphatic heterocycles. The predicted octanol–water partition coefficient (Wildman–Crippen LogP) is 2.33. The number of hydrogen-bond donors (Lipinski definition) is 0. The molecule has 0 saturated heterocycles. The van der Waals surface area contributed by atoms with Gasteiger partial charge in [-0.25, -0.2) is 0 Å². The van der Waals surface area contributed by atoms with Gasteiger partial charge in [-0.1, -0.05) is 0 Å². The molecule has 0 fully saturated rings. The second-order valence-corrected chi connectivity index (χ2v) is 6.61. The lowest BCUT2D eigenvalue weighted by molar-refractivity contribution is -0.158. The van der Waals surface area contributed by atoms with Crippen LogP contribution in [0.5, 0.6) is 0 Å². The van der Waals surface area contributed by atoms with Crippen LogP contribution in [0.1, 0.15) is 41.5 Å². The van der Waals surface area contributed by atoms with E-state index < -0.39 is 41.6 Å². The highest BCUT2D eigenvalue weighted by molar-refractivity contribution is 6.63. The number of ether oxygens (including phenoxy) is 2. The molecular weight excluding hydrogens is 286 g/mol. The average Bonchev–Trinajstić information content (AvgIpc) is 2.09. The minimum Gasteiger partial charge on any atom is -0.459 e. The molecule has 0 aliphatic carbocycles. The molecule has 0 bridgehead atoms. The molecule has 0 aromatic heterocycles. The van der Waals surface area contributed by atoms with Gasteiger partial charge in [0.25, 0.3) is 0 Å². The number of carbonyl (C=O) groups is 3. The first-order valence-electron chi connectivity index (χ1n) is 6.18. The van der Waals surface area contributed by atoms with Crippen LogP contribution in [0.25, 0.3) is 0 Å². The van der Waals surface area contributed by atoms with Crippen molar-refractivity contribution in [3.05, 3.63) is 0 Å². The van der Waals surface area contributed by atoms with Gasteiger partial charge < -0.3 is 14.4 Å². The van der Waals surface area contributed by atoms with Crippen molar-refractivity contribution in [2.24, 2.45) is 0 Å². The largest absolute Gasteiger partial charge is 0.459 e. The topological polar surface area (TPSA) is 72.9 Å². The van der Waals surface area contributed by atoms with E-state index in [1.807, 2.05) is 0 Å². The van der Waals surface area contributed by atoms with E-state index in [0.29, 0.717) is 0 Å². The van der Waals surface area contributed by atoms with Crippen molar-refractivity contribution < 1.29 is 23.9 Å². The van der Waals surface area contributed by atoms with Crippen LogP contribution >= 0.6 is 11.6 Å². The Bertz CT molecular complexity index is 351. The number of nitrogens with zero attached hydrogens (tertiary/aromatic N) is 1. The summed E-state index contributed by atoms with van der Waals surface area (Å²) in [5.74, 6) is -1.29. The quantitative estimate of drug-likeness (QED) is 0.453. The third-order valence-electron chi connectivity index (χ3n) is 1.73. The van der Waals surface area contributed by atoms with Crippen molar-refractivity contribution in [1.29, 1.82) is 0 Å². The van der Waals surface area contributed by atoms with Crippen molar-refractivity contribution in [3.8, 4) is 0 Å². The Balaban J connectivity index is 4.56. The van der Waals surface area contributed by atoms with Gasteiger partial charge in [-0.15, -0.1) is 0 Å². The molecule has 0 aliphatic rings. The zero-order valence-corrected chi connectivity index (χ0v) is 13.5. The molecule has 0 rings (SSSR count). The number of esters is 2. The highest BCUT2D eigenvalue weighted by Crippen LogP contribution is 2.10. The SMILES string of the molecule is CC(C)(C)OC(=O)CN(CC(=O)OC(C)(C)C)C(=O)Cl. The third-order valence-corrected chi connectivity index (χ3v) is 1.97. The molecule has 0 N–H and O–H groups in total. The first kappa shape index (κ1) is 18.7. The predicted molar refractivity (Wildman–Crippen MR) is 74.5 cm³/mol. The fourth-order valence-corrected chi connectivity index (χ4v) is 1.36. The fourth-order valence-electron chi connectivity index (χ4n) is 1.24. The Morgan fingerprint density at radius 1 is 0.850 bits per heavy atom. The molecule has 0 heterocycles. The van der Waals surface area contributed by atoms with Gasteiger partial charge in [-0.05, 0) is 53.1 Å². The number of hydrogen-bond acceptors (Lipinski definition) is 5. The molecule has 0 radical (unpaired) electrons. The van der Waals surface area contributed by atoms with Gasteiger partial charge >= 0.3 is 17.3 Å². The Morgan fingerprint density at radius 2 is 1.15 bits per heavy atom. The third kappa shape index (κ3) is 9.61. The van der Waals surface area contributed by atoms with Gasteiger partial charge in [0.1, 0.15) is 24.3 Å². The minimum absolute atomic E-state index is 0.404. The summed E-state index contributed by atoms with van der Waals surface area (Å²) in [6.45, 7) is 9.39. The number of amides is 1. The molecule has 7 heteroatoms. The average molecular weight is 308 g/mol. The zero-order valence-electron chi connectivity index (χ0n) is 12.8. The molecule has 0 unspecified atom stereocenters. The zero-order chi connectivity index (χ0) is 16.1. The summed E-state index contributed by atoms with van der Waals surface area (Å²) in [5.41, 5.74) is -1.35. The number of rotatable bonds is 4. The van der Waals surface area contributed by atoms with Crippen LogP contribution in [0.15, 0.2) is 0 Å². The summed E-state index contributed by atoms with van der Waals surface area (Å²) in [6.07, 6.45) is 0. The van der Waals surface area contributed by atoms with Crippen molar-refractivity contribution in [2.45, 2.75) is 52.7 Å². The van der Waals surface area contributed by atoms with Gasteiger partial charge in [0, 0.05) is 0 Å². The van der Waals surface area contributed by atoms with Crippen LogP contribution < -0.4 is 0 Å². The second kappa shape index (κ2) is 6.92. The molecular formula is C13H22ClNO5. The maximum absolute atomic E-state index is 11.6. The normalized spacial score (nSPS) is 11.8. The molecule has 0 saturated carbocycles. The van der Waals surface area contributed by atoms with Crippen molar-refractivity contribution >= 4 is 28.9 Å². The number of halogens is 1. The molecule has 0 spiro atoms. The van der Waals surface area contributed by atoms with E-state index >= 15 is 0 Å². The smallest absolute Gasteiger partial charge is 0.326 e. The molecule has 0 aromatic carbocycles. The van der Waals surface area contributed by atoms with Crippen LogP contribution in [-0.4, -0.2) is 46.5 Å². The summed E-state index contributed by atoms with van der Waals surface area (Å²) in [7, 11) is 0. The van der Waals surface area contributed by atoms with Crippen LogP contribution in [0.2, 0.25) is 0 Å². The Labute approximate surface area is 124 Å². The highest BCUT2D eigenvalue weighted by Gasteiger charge is 2.25. The van der Waals surface area contributed by atoms with E-state index in [9.17, 15) is 14.4 Å². The first-order valence-corrected chi connectivity index (χ1v) is 6.56. The maximum Gasteiger partial charge on any atom is 0.326 e. The summed E-state index contributed by atoms with van der Waals surface area (Å²) in [5, 5.41) is -0.915. The van der Waals surface area contributed by atoms with E-state index in [1.54, 1.807) is 41.5 Å². The number of carbonyl (C=O) groups excluding carboxylic acids is 3. The molecule has 20 heavy (non-hydrogen) atoms. The summed E-state index contributed by atoms with van der Waals surface area (Å²) in [4.78, 5) is 35.3. The van der Waals surface area contributed by atoms with Crippen LogP contribution in [-0.2, 0) is 19.1 Å². The van der Waals surface area contributed by atoms with E-state index in [-0.39, 0.29) is 0 Å². The fraction of sp³-hybridized carbons (Fsp3) is 0.769. The lowest BCUT2D eigenvalue weighted by Gasteiger charge is -2.25. The maximum atomic E-state index is 11.6. The van der Waals surface area contributed by atoms with Crippen molar-refractivity contribution in [2.75, 3.05) is 13.1 Å². The highest BCUT2D eigenvalue weighted by atomic mass is 35.5. The van der Waals surface area contributed by atoms with Crippen molar-refractivity contribution in [3.63, 3.8) is 0 Å². The molecule has 0 aromatic rings. The van der Waals surface area contributed by atoms with Gasteiger partial charge in [-0.3, -0.25) is 14.4 Å². The Hall–Kier alpha value is -1.30. The van der Waals surface area contributed by atoms with Crippen LogP contribution in [0.3, 0.4) is 0 Å². The van der Waals surface area contributed by atoms with Gasteiger partial charge in [0.2, 0.25) is 0 Å². The van der Waals surface area contributed by atoms with E-state index in [1.165, 1.54) is 0 Å². The van der Waals surface area contributed by atoms with Crippen LogP contribution in [0.4, 0.5) is 4.79 Å². The lowest BCUT2D eigenvalue weighted by Crippen LogP contribution is -2.41. The van der Waals surface area contributed by atoms with E-state index in [4.69, 9.17) is 21.1 Å². The summed E-state index contributed by atoms with van der Waals surface area (Å²) >= 11 is 5.35.